The lowest BCUT2D eigenvalue weighted by Gasteiger charge is -2.64. The van der Waals surface area contributed by atoms with Gasteiger partial charge in [-0.3, -0.25) is 9.59 Å². The van der Waals surface area contributed by atoms with E-state index in [0.717, 1.165) is 0 Å². The summed E-state index contributed by atoms with van der Waals surface area (Å²) in [6.45, 7) is 5.55. The SMILES string of the molecule is C[C@@H]1C[C@H]2[C@@H]3C[C@H](F)C4=C(Cl)C(=O)C=C[C@]4(C)[C@@]3(Cl)[C@@H](Cl)C[C@]2(C)[C@@]1(O)C(=O)CBr. The van der Waals surface area contributed by atoms with Crippen LogP contribution in [0.2, 0.25) is 0 Å². The third kappa shape index (κ3) is 2.48. The van der Waals surface area contributed by atoms with Crippen LogP contribution in [-0.4, -0.2) is 44.0 Å². The summed E-state index contributed by atoms with van der Waals surface area (Å²) < 4.78 is 15.6. The molecular formula is C22H25BrCl3FO3. The minimum atomic E-state index is -1.56. The first-order valence-corrected chi connectivity index (χ1v) is 12.5. The van der Waals surface area contributed by atoms with Gasteiger partial charge in [-0.1, -0.05) is 54.4 Å². The van der Waals surface area contributed by atoms with Gasteiger partial charge in [0, 0.05) is 10.8 Å². The second kappa shape index (κ2) is 7.03. The minimum Gasteiger partial charge on any atom is -0.381 e. The highest BCUT2D eigenvalue weighted by atomic mass is 79.9. The number of ketones is 2. The van der Waals surface area contributed by atoms with Gasteiger partial charge in [0.05, 0.1) is 20.6 Å². The van der Waals surface area contributed by atoms with Crippen LogP contribution in [-0.2, 0) is 9.59 Å². The van der Waals surface area contributed by atoms with E-state index in [1.165, 1.54) is 6.08 Å². The maximum Gasteiger partial charge on any atom is 0.196 e. The molecule has 166 valence electrons. The highest BCUT2D eigenvalue weighted by molar-refractivity contribution is 9.09. The van der Waals surface area contributed by atoms with Gasteiger partial charge in [0.2, 0.25) is 0 Å². The summed E-state index contributed by atoms with van der Waals surface area (Å²) in [6.07, 6.45) is 2.46. The van der Waals surface area contributed by atoms with Gasteiger partial charge in [-0.15, -0.1) is 23.2 Å². The summed E-state index contributed by atoms with van der Waals surface area (Å²) in [5, 5.41) is 10.9. The summed E-state index contributed by atoms with van der Waals surface area (Å²) in [5.74, 6) is -1.61. The van der Waals surface area contributed by atoms with Crippen LogP contribution >= 0.6 is 50.7 Å². The Morgan fingerprint density at radius 3 is 2.57 bits per heavy atom. The van der Waals surface area contributed by atoms with Gasteiger partial charge in [-0.2, -0.15) is 0 Å². The second-order valence-corrected chi connectivity index (χ2v) is 12.0. The van der Waals surface area contributed by atoms with Crippen molar-refractivity contribution in [2.24, 2.45) is 28.6 Å². The van der Waals surface area contributed by atoms with E-state index in [2.05, 4.69) is 15.9 Å². The van der Waals surface area contributed by atoms with Crippen molar-refractivity contribution in [3.05, 3.63) is 22.8 Å². The Hall–Kier alpha value is 0.0600. The Bertz CT molecular complexity index is 893. The van der Waals surface area contributed by atoms with Crippen LogP contribution in [0.3, 0.4) is 0 Å². The molecule has 0 spiro atoms. The van der Waals surface area contributed by atoms with Crippen molar-refractivity contribution in [3.63, 3.8) is 0 Å². The van der Waals surface area contributed by atoms with Crippen LogP contribution < -0.4 is 0 Å². The topological polar surface area (TPSA) is 54.4 Å². The van der Waals surface area contributed by atoms with Crippen molar-refractivity contribution < 1.29 is 19.1 Å². The number of hydrogen-bond donors (Lipinski definition) is 1. The molecule has 0 bridgehead atoms. The first kappa shape index (κ1) is 23.2. The maximum absolute atomic E-state index is 15.6. The van der Waals surface area contributed by atoms with Crippen molar-refractivity contribution in [3.8, 4) is 0 Å². The summed E-state index contributed by atoms with van der Waals surface area (Å²) in [4.78, 5) is 23.9. The van der Waals surface area contributed by atoms with Crippen molar-refractivity contribution in [1.29, 1.82) is 0 Å². The molecule has 3 fully saturated rings. The van der Waals surface area contributed by atoms with Gasteiger partial charge in [0.1, 0.15) is 11.8 Å². The molecule has 4 aliphatic rings. The molecule has 4 aliphatic carbocycles. The first-order chi connectivity index (χ1) is 13.8. The highest BCUT2D eigenvalue weighted by Crippen LogP contribution is 2.72. The molecule has 9 atom stereocenters. The molecule has 8 heteroatoms. The second-order valence-electron chi connectivity index (χ2n) is 9.86. The number of aliphatic hydroxyl groups is 1. The predicted molar refractivity (Wildman–Crippen MR) is 120 cm³/mol. The standard InChI is InChI=1S/C22H25BrCl3FO3/c1-10-6-11-12-7-13(27)17-18(25)14(28)4-5-19(17,2)21(12,26)15(24)8-20(11,3)22(10,30)16(29)9-23/h4-5,10-13,15,30H,6-9H2,1-3H3/t10-,11+,12+,13+,15+,19+,20+,21+,22+/m1/s1. The number of rotatable bonds is 2. The number of alkyl halides is 4. The Kier molecular flexibility index (Phi) is 5.44. The number of fused-ring (bicyclic) bond motifs is 5. The van der Waals surface area contributed by atoms with E-state index in [-0.39, 0.29) is 40.0 Å². The molecule has 4 rings (SSSR count). The largest absolute Gasteiger partial charge is 0.381 e. The fourth-order valence-corrected chi connectivity index (χ4v) is 9.26. The normalized spacial score (nSPS) is 52.7. The Morgan fingerprint density at radius 2 is 1.97 bits per heavy atom. The molecule has 0 heterocycles. The molecule has 0 amide bonds. The first-order valence-electron chi connectivity index (χ1n) is 10.2. The zero-order valence-corrected chi connectivity index (χ0v) is 20.9. The van der Waals surface area contributed by atoms with Crippen LogP contribution in [0.5, 0.6) is 0 Å². The van der Waals surface area contributed by atoms with E-state index in [1.807, 2.05) is 13.8 Å². The van der Waals surface area contributed by atoms with E-state index >= 15 is 4.39 Å². The van der Waals surface area contributed by atoms with E-state index in [9.17, 15) is 14.7 Å². The van der Waals surface area contributed by atoms with Crippen molar-refractivity contribution in [2.45, 2.75) is 62.1 Å². The Labute approximate surface area is 199 Å². The third-order valence-corrected chi connectivity index (χ3v) is 11.2. The molecule has 0 unspecified atom stereocenters. The predicted octanol–water partition coefficient (Wildman–Crippen LogP) is 5.33. The molecule has 3 nitrogen and oxygen atoms in total. The summed E-state index contributed by atoms with van der Waals surface area (Å²) in [7, 11) is 0. The molecule has 3 saturated carbocycles. The van der Waals surface area contributed by atoms with Gasteiger partial charge in [-0.25, -0.2) is 4.39 Å². The molecule has 0 radical (unpaired) electrons. The van der Waals surface area contributed by atoms with Crippen LogP contribution in [0.1, 0.15) is 40.0 Å². The Balaban J connectivity index is 1.89. The van der Waals surface area contributed by atoms with Gasteiger partial charge in [0.25, 0.3) is 0 Å². The molecule has 0 aromatic heterocycles. The monoisotopic (exact) mass is 540 g/mol. The molecule has 0 saturated heterocycles. The van der Waals surface area contributed by atoms with Gasteiger partial charge < -0.3 is 5.11 Å². The lowest BCUT2D eigenvalue weighted by molar-refractivity contribution is -0.162. The van der Waals surface area contributed by atoms with Crippen LogP contribution in [0.25, 0.3) is 0 Å². The molecule has 0 aromatic rings. The van der Waals surface area contributed by atoms with Crippen LogP contribution in [0.15, 0.2) is 22.8 Å². The number of halogens is 5. The van der Waals surface area contributed by atoms with Crippen LogP contribution in [0, 0.1) is 28.6 Å². The Morgan fingerprint density at radius 1 is 1.33 bits per heavy atom. The molecule has 1 N–H and O–H groups in total. The molecular weight excluding hydrogens is 518 g/mol. The summed E-state index contributed by atoms with van der Waals surface area (Å²) in [6, 6.07) is 0. The van der Waals surface area contributed by atoms with Crippen molar-refractivity contribution in [2.75, 3.05) is 5.33 Å². The number of allylic oxidation sites excluding steroid dienone is 4. The third-order valence-electron chi connectivity index (χ3n) is 8.79. The number of carbonyl (C=O) groups is 2. The lowest BCUT2D eigenvalue weighted by atomic mass is 9.46. The molecule has 30 heavy (non-hydrogen) atoms. The highest BCUT2D eigenvalue weighted by Gasteiger charge is 2.75. The minimum absolute atomic E-state index is 0.0383. The summed E-state index contributed by atoms with van der Waals surface area (Å²) >= 11 is 23.8. The zero-order valence-electron chi connectivity index (χ0n) is 17.0. The number of carbonyl (C=O) groups excluding carboxylic acids is 2. The summed E-state index contributed by atoms with van der Waals surface area (Å²) in [5.41, 5.74) is -3.23. The fourth-order valence-electron chi connectivity index (χ4n) is 7.26. The smallest absolute Gasteiger partial charge is 0.196 e. The average Bonchev–Trinajstić information content (AvgIpc) is 2.88. The van der Waals surface area contributed by atoms with Gasteiger partial charge >= 0.3 is 0 Å². The zero-order chi connectivity index (χ0) is 22.4. The van der Waals surface area contributed by atoms with Crippen molar-refractivity contribution >= 4 is 62.3 Å². The lowest BCUT2D eigenvalue weighted by Crippen LogP contribution is -2.69. The molecule has 0 aliphatic heterocycles. The number of hydrogen-bond acceptors (Lipinski definition) is 3. The van der Waals surface area contributed by atoms with Gasteiger partial charge in [-0.05, 0) is 48.7 Å². The van der Waals surface area contributed by atoms with Crippen LogP contribution in [0.4, 0.5) is 4.39 Å². The van der Waals surface area contributed by atoms with E-state index in [1.54, 1.807) is 13.0 Å². The number of Topliss-reactive ketones (excluding diaryl/α,β-unsaturated/α-hetero) is 1. The average molecular weight is 543 g/mol. The van der Waals surface area contributed by atoms with E-state index < -0.39 is 44.6 Å². The van der Waals surface area contributed by atoms with E-state index in [0.29, 0.717) is 12.8 Å². The van der Waals surface area contributed by atoms with Crippen molar-refractivity contribution in [1.82, 2.24) is 0 Å². The van der Waals surface area contributed by atoms with E-state index in [4.69, 9.17) is 34.8 Å². The quantitative estimate of drug-likeness (QED) is 0.480. The van der Waals surface area contributed by atoms with Gasteiger partial charge in [0.15, 0.2) is 11.6 Å². The molecule has 0 aromatic carbocycles. The fraction of sp³-hybridized carbons (Fsp3) is 0.727. The maximum atomic E-state index is 15.6.